The molecule has 0 aromatic carbocycles. The molecule has 0 unspecified atom stereocenters. The van der Waals surface area contributed by atoms with Gasteiger partial charge >= 0.3 is 7.82 Å². The topological polar surface area (TPSA) is 44.8 Å². The predicted octanol–water partition coefficient (Wildman–Crippen LogP) is 3.69. The van der Waals surface area contributed by atoms with Gasteiger partial charge in [0.15, 0.2) is 0 Å². The summed E-state index contributed by atoms with van der Waals surface area (Å²) in [7, 11) is -3.40. The van der Waals surface area contributed by atoms with E-state index in [-0.39, 0.29) is 44.4 Å². The van der Waals surface area contributed by atoms with Crippen molar-refractivity contribution in [2.75, 3.05) is 6.61 Å². The third-order valence-electron chi connectivity index (χ3n) is 1.69. The van der Waals surface area contributed by atoms with E-state index in [1.54, 1.807) is 13.8 Å². The van der Waals surface area contributed by atoms with Crippen LogP contribution in [0, 0.1) is 17.6 Å². The summed E-state index contributed by atoms with van der Waals surface area (Å²) >= 11 is 0. The standard InChI is InChI=1S/C10H19O4P.2Rh/c1-8-6-9(2)14-15(11,13-8)12-7-10(3,4)5;;/h6-7H2,1-5H3;;/q-2;;. The minimum Gasteiger partial charge on any atom is -0.465 e. The molecule has 0 aliphatic carbocycles. The predicted molar refractivity (Wildman–Crippen MR) is 57.6 cm³/mol. The van der Waals surface area contributed by atoms with Crippen LogP contribution >= 0.6 is 7.82 Å². The van der Waals surface area contributed by atoms with Crippen LogP contribution in [0.5, 0.6) is 0 Å². The van der Waals surface area contributed by atoms with E-state index < -0.39 is 7.82 Å². The van der Waals surface area contributed by atoms with E-state index >= 15 is 0 Å². The molecule has 7 heteroatoms. The van der Waals surface area contributed by atoms with Crippen molar-refractivity contribution in [3.05, 3.63) is 12.2 Å². The van der Waals surface area contributed by atoms with Crippen molar-refractivity contribution in [3.8, 4) is 0 Å². The van der Waals surface area contributed by atoms with Crippen LogP contribution < -0.4 is 0 Å². The molecule has 0 aromatic heterocycles. The molecule has 4 nitrogen and oxygen atoms in total. The molecule has 2 radical (unpaired) electrons. The van der Waals surface area contributed by atoms with Gasteiger partial charge in [0.05, 0.1) is 6.61 Å². The fraction of sp³-hybridized carbons (Fsp3) is 0.800. The van der Waals surface area contributed by atoms with Gasteiger partial charge in [0.1, 0.15) is 0 Å². The number of phosphoric ester groups is 1. The second kappa shape index (κ2) is 7.83. The molecule has 0 spiro atoms. The Labute approximate surface area is 130 Å². The van der Waals surface area contributed by atoms with Crippen LogP contribution in [0.2, 0.25) is 0 Å². The van der Waals surface area contributed by atoms with Crippen molar-refractivity contribution >= 4 is 7.82 Å². The summed E-state index contributed by atoms with van der Waals surface area (Å²) < 4.78 is 27.5. The van der Waals surface area contributed by atoms with Crippen LogP contribution in [0.3, 0.4) is 0 Å². The van der Waals surface area contributed by atoms with E-state index in [4.69, 9.17) is 13.6 Å². The van der Waals surface area contributed by atoms with Gasteiger partial charge in [-0.15, -0.1) is 0 Å². The summed E-state index contributed by atoms with van der Waals surface area (Å²) in [6.45, 7) is 9.88. The van der Waals surface area contributed by atoms with Gasteiger partial charge in [0.25, 0.3) is 0 Å². The summed E-state index contributed by atoms with van der Waals surface area (Å²) in [5.41, 5.74) is -0.0661. The zero-order valence-electron chi connectivity index (χ0n) is 10.7. The number of rotatable bonds is 2. The zero-order chi connectivity index (χ0) is 11.7. The second-order valence-electron chi connectivity index (χ2n) is 5.04. The van der Waals surface area contributed by atoms with Crippen molar-refractivity contribution in [3.63, 3.8) is 0 Å². The van der Waals surface area contributed by atoms with Gasteiger partial charge in [0.2, 0.25) is 0 Å². The Kier molecular flexibility index (Phi) is 9.52. The molecule has 1 heterocycles. The number of hydrogen-bond acceptors (Lipinski definition) is 4. The molecule has 1 aliphatic rings. The molecule has 0 saturated carbocycles. The Morgan fingerprint density at radius 3 is 1.94 bits per heavy atom. The molecule has 0 amide bonds. The van der Waals surface area contributed by atoms with Gasteiger partial charge in [-0.25, -0.2) is 16.8 Å². The van der Waals surface area contributed by atoms with Gasteiger partial charge in [-0.2, -0.15) is 13.8 Å². The van der Waals surface area contributed by atoms with Crippen molar-refractivity contribution < 1.29 is 57.1 Å². The van der Waals surface area contributed by atoms with Crippen LogP contribution in [0.4, 0.5) is 0 Å². The summed E-state index contributed by atoms with van der Waals surface area (Å²) in [6.07, 6.45) is 1.94. The SMILES string of the molecule is C[C-]1C[C-](C)OP(=O)(OCC(C)(C)C)O1.[Rh].[Rh]. The first-order valence-corrected chi connectivity index (χ1v) is 6.45. The fourth-order valence-electron chi connectivity index (χ4n) is 1.14. The molecule has 1 aliphatic heterocycles. The maximum absolute atomic E-state index is 12.0. The Morgan fingerprint density at radius 1 is 1.18 bits per heavy atom. The van der Waals surface area contributed by atoms with E-state index in [1.807, 2.05) is 20.8 Å². The van der Waals surface area contributed by atoms with E-state index in [9.17, 15) is 4.57 Å². The van der Waals surface area contributed by atoms with Crippen molar-refractivity contribution in [2.45, 2.75) is 41.0 Å². The first-order chi connectivity index (χ1) is 6.70. The Balaban J connectivity index is 0. The average Bonchev–Trinajstić information content (AvgIpc) is 1.97. The quantitative estimate of drug-likeness (QED) is 0.374. The Morgan fingerprint density at radius 2 is 1.59 bits per heavy atom. The van der Waals surface area contributed by atoms with Crippen LogP contribution in [0.15, 0.2) is 0 Å². The summed E-state index contributed by atoms with van der Waals surface area (Å²) in [4.78, 5) is 0. The summed E-state index contributed by atoms with van der Waals surface area (Å²) in [5.74, 6) is 0. The molecule has 0 atom stereocenters. The largest absolute Gasteiger partial charge is 0.465 e. The van der Waals surface area contributed by atoms with Gasteiger partial charge in [-0.3, -0.25) is 10.9 Å². The molecular weight excluding hydrogens is 421 g/mol. The van der Waals surface area contributed by atoms with Crippen LogP contribution in [0.1, 0.15) is 41.0 Å². The second-order valence-corrected chi connectivity index (χ2v) is 6.56. The van der Waals surface area contributed by atoms with Crippen molar-refractivity contribution in [1.29, 1.82) is 0 Å². The summed E-state index contributed by atoms with van der Waals surface area (Å²) in [5, 5.41) is 0. The van der Waals surface area contributed by atoms with Crippen LogP contribution in [-0.4, -0.2) is 6.61 Å². The smallest absolute Gasteiger partial charge is 0.413 e. The minimum atomic E-state index is -3.40. The number of hydrogen-bond donors (Lipinski definition) is 0. The number of phosphoric acid groups is 1. The first-order valence-electron chi connectivity index (χ1n) is 4.99. The van der Waals surface area contributed by atoms with Crippen LogP contribution in [0.25, 0.3) is 0 Å². The monoisotopic (exact) mass is 440 g/mol. The zero-order valence-corrected chi connectivity index (χ0v) is 14.8. The van der Waals surface area contributed by atoms with Crippen LogP contribution in [-0.2, 0) is 57.1 Å². The van der Waals surface area contributed by atoms with E-state index in [1.165, 1.54) is 0 Å². The minimum absolute atomic E-state index is 0. The molecular formula is C10H19O4PRh2-2. The first kappa shape index (κ1) is 20.7. The van der Waals surface area contributed by atoms with E-state index in [0.717, 1.165) is 0 Å². The third kappa shape index (κ3) is 8.19. The normalized spacial score (nSPS) is 21.5. The molecule has 0 aromatic rings. The maximum atomic E-state index is 12.0. The Bertz CT molecular complexity index is 254. The molecule has 0 bridgehead atoms. The van der Waals surface area contributed by atoms with Gasteiger partial charge < -0.3 is 9.05 Å². The fourth-order valence-corrected chi connectivity index (χ4v) is 2.72. The Hall–Kier alpha value is 1.36. The summed E-state index contributed by atoms with van der Waals surface area (Å²) in [6, 6.07) is 0. The van der Waals surface area contributed by atoms with Crippen molar-refractivity contribution in [2.24, 2.45) is 5.41 Å². The van der Waals surface area contributed by atoms with Gasteiger partial charge in [-0.1, -0.05) is 20.8 Å². The average molecular weight is 440 g/mol. The molecule has 17 heavy (non-hydrogen) atoms. The maximum Gasteiger partial charge on any atom is 0.413 e. The molecule has 1 saturated heterocycles. The van der Waals surface area contributed by atoms with Gasteiger partial charge in [0, 0.05) is 39.0 Å². The molecule has 108 valence electrons. The van der Waals surface area contributed by atoms with E-state index in [0.29, 0.717) is 25.2 Å². The van der Waals surface area contributed by atoms with Gasteiger partial charge in [-0.05, 0) is 5.41 Å². The molecule has 1 rings (SSSR count). The molecule has 0 N–H and O–H groups in total. The van der Waals surface area contributed by atoms with E-state index in [2.05, 4.69) is 0 Å². The molecule has 1 fully saturated rings. The van der Waals surface area contributed by atoms with Crippen molar-refractivity contribution in [1.82, 2.24) is 0 Å². The third-order valence-corrected chi connectivity index (χ3v) is 3.20.